The summed E-state index contributed by atoms with van der Waals surface area (Å²) in [6, 6.07) is 20.8. The van der Waals surface area contributed by atoms with Gasteiger partial charge in [-0.1, -0.05) is 42.0 Å². The molecule has 222 valence electrons. The van der Waals surface area contributed by atoms with E-state index in [0.717, 1.165) is 52.9 Å². The van der Waals surface area contributed by atoms with Gasteiger partial charge in [-0.25, -0.2) is 9.78 Å². The summed E-state index contributed by atoms with van der Waals surface area (Å²) in [5.41, 5.74) is 5.09. The molecule has 0 spiro atoms. The van der Waals surface area contributed by atoms with E-state index in [1.807, 2.05) is 43.3 Å². The number of carbonyl (C=O) groups is 1. The molecule has 2 aromatic heterocycles. The van der Waals surface area contributed by atoms with Crippen molar-refractivity contribution in [1.29, 1.82) is 0 Å². The first kappa shape index (κ1) is 28.7. The molecule has 1 aliphatic rings. The van der Waals surface area contributed by atoms with Gasteiger partial charge in [0.05, 0.1) is 52.7 Å². The second kappa shape index (κ2) is 11.0. The topological polar surface area (TPSA) is 56.6 Å². The summed E-state index contributed by atoms with van der Waals surface area (Å²) in [7, 11) is 1.30. The van der Waals surface area contributed by atoms with Gasteiger partial charge in [0.1, 0.15) is 0 Å². The number of ether oxygens (including phenoxy) is 2. The molecule has 1 fully saturated rings. The molecule has 6 rings (SSSR count). The predicted molar refractivity (Wildman–Crippen MR) is 162 cm³/mol. The van der Waals surface area contributed by atoms with Crippen LogP contribution < -0.4 is 4.90 Å². The van der Waals surface area contributed by atoms with E-state index < -0.39 is 17.7 Å². The predicted octanol–water partition coefficient (Wildman–Crippen LogP) is 7.63. The van der Waals surface area contributed by atoms with Gasteiger partial charge in [0.25, 0.3) is 0 Å². The Morgan fingerprint density at radius 3 is 2.40 bits per heavy atom. The quantitative estimate of drug-likeness (QED) is 0.198. The Bertz CT molecular complexity index is 1820. The number of aromatic nitrogens is 2. The molecular formula is C34H32F3N3O3. The number of hydrogen-bond acceptors (Lipinski definition) is 5. The van der Waals surface area contributed by atoms with Crippen LogP contribution in [0.4, 0.5) is 18.9 Å². The second-order valence-electron chi connectivity index (χ2n) is 11.3. The summed E-state index contributed by atoms with van der Waals surface area (Å²) in [6.45, 7) is 8.05. The van der Waals surface area contributed by atoms with Gasteiger partial charge in [-0.3, -0.25) is 0 Å². The van der Waals surface area contributed by atoms with Gasteiger partial charge >= 0.3 is 12.1 Å². The number of aryl methyl sites for hydroxylation is 1. The van der Waals surface area contributed by atoms with E-state index in [1.54, 1.807) is 6.07 Å². The maximum Gasteiger partial charge on any atom is 0.416 e. The van der Waals surface area contributed by atoms with Crippen molar-refractivity contribution in [1.82, 2.24) is 9.55 Å². The zero-order valence-electron chi connectivity index (χ0n) is 24.4. The summed E-state index contributed by atoms with van der Waals surface area (Å²) in [5, 5.41) is 0.791. The number of fused-ring (bicyclic) bond motifs is 3. The van der Waals surface area contributed by atoms with Crippen LogP contribution in [0.1, 0.15) is 40.9 Å². The molecule has 0 saturated carbocycles. The first-order valence-electron chi connectivity index (χ1n) is 14.2. The van der Waals surface area contributed by atoms with Crippen LogP contribution in [0, 0.1) is 6.92 Å². The average molecular weight is 588 g/mol. The molecule has 9 heteroatoms. The molecule has 0 amide bonds. The summed E-state index contributed by atoms with van der Waals surface area (Å²) in [4.78, 5) is 20.5. The van der Waals surface area contributed by atoms with Crippen LogP contribution in [-0.2, 0) is 22.2 Å². The monoisotopic (exact) mass is 587 g/mol. The maximum absolute atomic E-state index is 13.6. The standard InChI is InChI=1S/C34H32F3N3O3/c1-20-8-10-23(11-9-20)19-40-30-15-26(39-17-21(2)43-22(3)18-39)12-13-27(30)31-32(40)28(33(41)42-4)16-29(38-31)24-6-5-7-25(14-24)34(35,36)37/h5-16,21-22H,17-19H2,1-4H3/t21-,22+. The zero-order valence-corrected chi connectivity index (χ0v) is 24.4. The van der Waals surface area contributed by atoms with Crippen molar-refractivity contribution in [3.8, 4) is 11.3 Å². The summed E-state index contributed by atoms with van der Waals surface area (Å²) in [6.07, 6.45) is -4.37. The number of pyridine rings is 1. The summed E-state index contributed by atoms with van der Waals surface area (Å²) in [5.74, 6) is -0.593. The number of anilines is 1. The fourth-order valence-corrected chi connectivity index (χ4v) is 5.96. The highest BCUT2D eigenvalue weighted by atomic mass is 19.4. The zero-order chi connectivity index (χ0) is 30.5. The van der Waals surface area contributed by atoms with Crippen molar-refractivity contribution in [2.75, 3.05) is 25.1 Å². The lowest BCUT2D eigenvalue weighted by Crippen LogP contribution is -2.45. The molecule has 2 atom stereocenters. The molecule has 6 nitrogen and oxygen atoms in total. The third kappa shape index (κ3) is 5.57. The molecule has 0 aliphatic carbocycles. The fourth-order valence-electron chi connectivity index (χ4n) is 5.96. The first-order chi connectivity index (χ1) is 20.5. The highest BCUT2D eigenvalue weighted by Gasteiger charge is 2.31. The first-order valence-corrected chi connectivity index (χ1v) is 14.2. The number of halogens is 3. The molecule has 1 aliphatic heterocycles. The molecule has 3 heterocycles. The lowest BCUT2D eigenvalue weighted by molar-refractivity contribution is -0.137. The minimum absolute atomic E-state index is 0.0699. The number of benzene rings is 3. The van der Waals surface area contributed by atoms with E-state index in [-0.39, 0.29) is 29.0 Å². The number of nitrogens with zero attached hydrogens (tertiary/aromatic N) is 3. The van der Waals surface area contributed by atoms with Crippen LogP contribution in [0.2, 0.25) is 0 Å². The van der Waals surface area contributed by atoms with E-state index >= 15 is 0 Å². The number of hydrogen-bond donors (Lipinski definition) is 0. The Labute approximate surface area is 247 Å². The third-order valence-corrected chi connectivity index (χ3v) is 7.93. The Morgan fingerprint density at radius 1 is 1.00 bits per heavy atom. The second-order valence-corrected chi connectivity index (χ2v) is 11.3. The molecule has 43 heavy (non-hydrogen) atoms. The van der Waals surface area contributed by atoms with Crippen molar-refractivity contribution >= 4 is 33.6 Å². The minimum Gasteiger partial charge on any atom is -0.465 e. The number of morpholine rings is 1. The van der Waals surface area contributed by atoms with E-state index in [1.165, 1.54) is 19.2 Å². The highest BCUT2D eigenvalue weighted by Crippen LogP contribution is 2.38. The molecular weight excluding hydrogens is 555 g/mol. The molecule has 0 N–H and O–H groups in total. The fraction of sp³-hybridized carbons (Fsp3) is 0.294. The van der Waals surface area contributed by atoms with Crippen molar-refractivity contribution in [2.45, 2.75) is 45.7 Å². The Balaban J connectivity index is 1.61. The highest BCUT2D eigenvalue weighted by molar-refractivity contribution is 6.14. The number of esters is 1. The molecule has 1 saturated heterocycles. The Hall–Kier alpha value is -4.37. The van der Waals surface area contributed by atoms with Gasteiger partial charge in [0, 0.05) is 36.3 Å². The van der Waals surface area contributed by atoms with E-state index in [2.05, 4.69) is 29.4 Å². The van der Waals surface area contributed by atoms with Crippen LogP contribution in [-0.4, -0.2) is 47.9 Å². The number of alkyl halides is 3. The Morgan fingerprint density at radius 2 is 1.72 bits per heavy atom. The van der Waals surface area contributed by atoms with Gasteiger partial charge in [-0.05, 0) is 62.7 Å². The van der Waals surface area contributed by atoms with Crippen LogP contribution in [0.3, 0.4) is 0 Å². The van der Waals surface area contributed by atoms with Crippen LogP contribution in [0.15, 0.2) is 72.8 Å². The van der Waals surface area contributed by atoms with Gasteiger partial charge in [0.15, 0.2) is 0 Å². The number of rotatable bonds is 5. The maximum atomic E-state index is 13.6. The molecule has 0 bridgehead atoms. The van der Waals surface area contributed by atoms with E-state index in [9.17, 15) is 18.0 Å². The van der Waals surface area contributed by atoms with Crippen molar-refractivity contribution in [2.24, 2.45) is 0 Å². The molecule has 0 radical (unpaired) electrons. The normalized spacial score (nSPS) is 17.5. The lowest BCUT2D eigenvalue weighted by atomic mass is 10.0. The smallest absolute Gasteiger partial charge is 0.416 e. The van der Waals surface area contributed by atoms with Crippen molar-refractivity contribution in [3.05, 3.63) is 95.1 Å². The molecule has 0 unspecified atom stereocenters. The molecule has 3 aromatic carbocycles. The summed E-state index contributed by atoms with van der Waals surface area (Å²) >= 11 is 0. The van der Waals surface area contributed by atoms with Crippen molar-refractivity contribution < 1.29 is 27.4 Å². The largest absolute Gasteiger partial charge is 0.465 e. The average Bonchev–Trinajstić information content (AvgIpc) is 3.29. The minimum atomic E-state index is -4.51. The SMILES string of the molecule is COC(=O)c1cc(-c2cccc(C(F)(F)F)c2)nc2c3ccc(N4C[C@@H](C)O[C@@H](C)C4)cc3n(Cc3ccc(C)cc3)c12. The van der Waals surface area contributed by atoms with Crippen LogP contribution in [0.25, 0.3) is 33.2 Å². The third-order valence-electron chi connectivity index (χ3n) is 7.93. The van der Waals surface area contributed by atoms with Gasteiger partial charge in [0.2, 0.25) is 0 Å². The van der Waals surface area contributed by atoms with E-state index in [4.69, 9.17) is 14.5 Å². The van der Waals surface area contributed by atoms with Crippen LogP contribution in [0.5, 0.6) is 0 Å². The number of carbonyl (C=O) groups excluding carboxylic acids is 1. The number of methoxy groups -OCH3 is 1. The van der Waals surface area contributed by atoms with Gasteiger partial charge in [-0.15, -0.1) is 0 Å². The molecule has 5 aromatic rings. The van der Waals surface area contributed by atoms with Crippen LogP contribution >= 0.6 is 0 Å². The van der Waals surface area contributed by atoms with Gasteiger partial charge < -0.3 is 18.9 Å². The lowest BCUT2D eigenvalue weighted by Gasteiger charge is -2.37. The van der Waals surface area contributed by atoms with E-state index in [0.29, 0.717) is 17.6 Å². The summed E-state index contributed by atoms with van der Waals surface area (Å²) < 4.78 is 53.9. The van der Waals surface area contributed by atoms with Gasteiger partial charge in [-0.2, -0.15) is 13.2 Å². The van der Waals surface area contributed by atoms with Crippen molar-refractivity contribution in [3.63, 3.8) is 0 Å². The Kier molecular flexibility index (Phi) is 7.38.